The zero-order valence-electron chi connectivity index (χ0n) is 11.3. The van der Waals surface area contributed by atoms with E-state index in [0.717, 1.165) is 16.9 Å². The Morgan fingerprint density at radius 2 is 1.95 bits per heavy atom. The first kappa shape index (κ1) is 13.1. The first-order valence-electron chi connectivity index (χ1n) is 6.00. The zero-order chi connectivity index (χ0) is 13.7. The van der Waals surface area contributed by atoms with E-state index in [1.54, 1.807) is 20.4 Å². The Balaban J connectivity index is 2.05. The quantitative estimate of drug-likeness (QED) is 0.893. The minimum Gasteiger partial charge on any atom is -0.497 e. The lowest BCUT2D eigenvalue weighted by Gasteiger charge is -2.09. The van der Waals surface area contributed by atoms with Crippen LogP contribution in [0.25, 0.3) is 0 Å². The van der Waals surface area contributed by atoms with Crippen LogP contribution in [0.15, 0.2) is 30.5 Å². The Morgan fingerprint density at radius 1 is 1.21 bits per heavy atom. The lowest BCUT2D eigenvalue weighted by molar-refractivity contribution is 0.291. The van der Waals surface area contributed by atoms with Gasteiger partial charge in [-0.25, -0.2) is 4.98 Å². The van der Waals surface area contributed by atoms with E-state index in [1.165, 1.54) is 0 Å². The smallest absolute Gasteiger partial charge is 0.225 e. The van der Waals surface area contributed by atoms with Gasteiger partial charge in [-0.3, -0.25) is 0 Å². The topological polar surface area (TPSA) is 56.3 Å². The summed E-state index contributed by atoms with van der Waals surface area (Å²) >= 11 is 0. The highest BCUT2D eigenvalue weighted by Crippen LogP contribution is 2.17. The van der Waals surface area contributed by atoms with Crippen molar-refractivity contribution in [3.63, 3.8) is 0 Å². The summed E-state index contributed by atoms with van der Waals surface area (Å²) in [5, 5.41) is 2.89. The minimum atomic E-state index is 0.463. The summed E-state index contributed by atoms with van der Waals surface area (Å²) in [7, 11) is 3.42. The highest BCUT2D eigenvalue weighted by atomic mass is 16.5. The molecule has 0 aliphatic heterocycles. The third kappa shape index (κ3) is 3.34. The number of ether oxygens (including phenoxy) is 2. The number of benzene rings is 1. The summed E-state index contributed by atoms with van der Waals surface area (Å²) in [5.41, 5.74) is 1.97. The second kappa shape index (κ2) is 6.04. The molecular weight excluding hydrogens is 242 g/mol. The molecule has 0 amide bonds. The molecule has 0 bridgehead atoms. The Morgan fingerprint density at radius 3 is 2.58 bits per heavy atom. The van der Waals surface area contributed by atoms with Crippen LogP contribution < -0.4 is 14.8 Å². The average Bonchev–Trinajstić information content (AvgIpc) is 2.47. The number of aryl methyl sites for hydroxylation is 1. The Hall–Kier alpha value is -2.30. The summed E-state index contributed by atoms with van der Waals surface area (Å²) in [6.45, 7) is 2.38. The molecule has 1 aromatic carbocycles. The van der Waals surface area contributed by atoms with Gasteiger partial charge in [0.1, 0.15) is 12.4 Å². The fourth-order valence-electron chi connectivity index (χ4n) is 1.57. The number of nitrogens with zero attached hydrogens (tertiary/aromatic N) is 2. The molecule has 5 heteroatoms. The van der Waals surface area contributed by atoms with E-state index in [-0.39, 0.29) is 0 Å². The van der Waals surface area contributed by atoms with E-state index < -0.39 is 0 Å². The molecule has 0 saturated carbocycles. The molecule has 0 saturated heterocycles. The van der Waals surface area contributed by atoms with Gasteiger partial charge in [0, 0.05) is 18.8 Å². The van der Waals surface area contributed by atoms with Crippen molar-refractivity contribution in [2.24, 2.45) is 0 Å². The largest absolute Gasteiger partial charge is 0.497 e. The van der Waals surface area contributed by atoms with Crippen LogP contribution in [0.3, 0.4) is 0 Å². The predicted molar refractivity (Wildman–Crippen MR) is 73.6 cm³/mol. The fraction of sp³-hybridized carbons (Fsp3) is 0.286. The van der Waals surface area contributed by atoms with Crippen molar-refractivity contribution < 1.29 is 9.47 Å². The highest BCUT2D eigenvalue weighted by molar-refractivity contribution is 5.32. The molecule has 0 spiro atoms. The number of nitrogens with one attached hydrogen (secondary N) is 1. The van der Waals surface area contributed by atoms with E-state index in [1.807, 2.05) is 31.2 Å². The van der Waals surface area contributed by atoms with Crippen molar-refractivity contribution >= 4 is 5.95 Å². The van der Waals surface area contributed by atoms with Crippen LogP contribution in [0.4, 0.5) is 5.95 Å². The zero-order valence-corrected chi connectivity index (χ0v) is 11.3. The van der Waals surface area contributed by atoms with Crippen molar-refractivity contribution in [3.05, 3.63) is 41.6 Å². The molecular formula is C14H17N3O2. The number of hydrogen-bond donors (Lipinski definition) is 1. The van der Waals surface area contributed by atoms with Crippen molar-refractivity contribution in [1.82, 2.24) is 9.97 Å². The Bertz CT molecular complexity index is 541. The van der Waals surface area contributed by atoms with Gasteiger partial charge >= 0.3 is 0 Å². The SMILES string of the molecule is CNc1ncc(C)c(OCc2ccc(OC)cc2)n1. The summed E-state index contributed by atoms with van der Waals surface area (Å²) < 4.78 is 10.8. The molecule has 100 valence electrons. The van der Waals surface area contributed by atoms with E-state index >= 15 is 0 Å². The number of methoxy groups -OCH3 is 1. The molecule has 2 aromatic rings. The van der Waals surface area contributed by atoms with E-state index in [2.05, 4.69) is 15.3 Å². The molecule has 2 rings (SSSR count). The minimum absolute atomic E-state index is 0.463. The first-order chi connectivity index (χ1) is 9.22. The van der Waals surface area contributed by atoms with Crippen LogP contribution >= 0.6 is 0 Å². The summed E-state index contributed by atoms with van der Waals surface area (Å²) in [4.78, 5) is 8.39. The van der Waals surface area contributed by atoms with Gasteiger partial charge in [0.05, 0.1) is 7.11 Å². The van der Waals surface area contributed by atoms with Gasteiger partial charge in [-0.1, -0.05) is 12.1 Å². The number of aromatic nitrogens is 2. The fourth-order valence-corrected chi connectivity index (χ4v) is 1.57. The Kier molecular flexibility index (Phi) is 4.18. The molecule has 0 unspecified atom stereocenters. The summed E-state index contributed by atoms with van der Waals surface area (Å²) in [5.74, 6) is 1.98. The van der Waals surface area contributed by atoms with Crippen LogP contribution in [-0.2, 0) is 6.61 Å². The van der Waals surface area contributed by atoms with Gasteiger partial charge < -0.3 is 14.8 Å². The van der Waals surface area contributed by atoms with Gasteiger partial charge in [0.15, 0.2) is 0 Å². The maximum atomic E-state index is 5.71. The lowest BCUT2D eigenvalue weighted by Crippen LogP contribution is -2.03. The van der Waals surface area contributed by atoms with Crippen LogP contribution in [0.1, 0.15) is 11.1 Å². The van der Waals surface area contributed by atoms with Crippen molar-refractivity contribution in [2.45, 2.75) is 13.5 Å². The van der Waals surface area contributed by atoms with Crippen molar-refractivity contribution in [3.8, 4) is 11.6 Å². The number of anilines is 1. The average molecular weight is 259 g/mol. The summed E-state index contributed by atoms with van der Waals surface area (Å²) in [6.07, 6.45) is 1.74. The predicted octanol–water partition coefficient (Wildman–Crippen LogP) is 2.41. The van der Waals surface area contributed by atoms with Gasteiger partial charge in [0.25, 0.3) is 0 Å². The number of rotatable bonds is 5. The lowest BCUT2D eigenvalue weighted by atomic mass is 10.2. The molecule has 19 heavy (non-hydrogen) atoms. The van der Waals surface area contributed by atoms with Crippen LogP contribution in [0.2, 0.25) is 0 Å². The molecule has 0 radical (unpaired) electrons. The third-order valence-electron chi connectivity index (χ3n) is 2.68. The third-order valence-corrected chi connectivity index (χ3v) is 2.68. The van der Waals surface area contributed by atoms with E-state index in [4.69, 9.17) is 9.47 Å². The normalized spacial score (nSPS) is 10.1. The van der Waals surface area contributed by atoms with Crippen LogP contribution in [0, 0.1) is 6.92 Å². The standard InChI is InChI=1S/C14H17N3O2/c1-10-8-16-14(15-2)17-13(10)19-9-11-4-6-12(18-3)7-5-11/h4-8H,9H2,1-3H3,(H,15,16,17). The molecule has 1 heterocycles. The molecule has 0 aliphatic carbocycles. The molecule has 0 aliphatic rings. The van der Waals surface area contributed by atoms with Crippen molar-refractivity contribution in [1.29, 1.82) is 0 Å². The maximum absolute atomic E-state index is 5.71. The van der Waals surface area contributed by atoms with Crippen LogP contribution in [0.5, 0.6) is 11.6 Å². The molecule has 5 nitrogen and oxygen atoms in total. The molecule has 1 aromatic heterocycles. The monoisotopic (exact) mass is 259 g/mol. The first-order valence-corrected chi connectivity index (χ1v) is 6.00. The van der Waals surface area contributed by atoms with Crippen molar-refractivity contribution in [2.75, 3.05) is 19.5 Å². The van der Waals surface area contributed by atoms with Gasteiger partial charge in [-0.15, -0.1) is 0 Å². The highest BCUT2D eigenvalue weighted by Gasteiger charge is 2.04. The second-order valence-electron chi connectivity index (χ2n) is 4.07. The maximum Gasteiger partial charge on any atom is 0.225 e. The van der Waals surface area contributed by atoms with Gasteiger partial charge in [-0.2, -0.15) is 4.98 Å². The second-order valence-corrected chi connectivity index (χ2v) is 4.07. The Labute approximate surface area is 112 Å². The van der Waals surface area contributed by atoms with E-state index in [9.17, 15) is 0 Å². The summed E-state index contributed by atoms with van der Waals surface area (Å²) in [6, 6.07) is 7.75. The van der Waals surface area contributed by atoms with Gasteiger partial charge in [-0.05, 0) is 24.6 Å². The van der Waals surface area contributed by atoms with Gasteiger partial charge in [0.2, 0.25) is 11.8 Å². The molecule has 0 fully saturated rings. The van der Waals surface area contributed by atoms with Crippen LogP contribution in [-0.4, -0.2) is 24.1 Å². The molecule has 0 atom stereocenters. The number of hydrogen-bond acceptors (Lipinski definition) is 5. The van der Waals surface area contributed by atoms with E-state index in [0.29, 0.717) is 18.4 Å². The molecule has 1 N–H and O–H groups in total.